The van der Waals surface area contributed by atoms with Crippen LogP contribution in [0.5, 0.6) is 0 Å². The van der Waals surface area contributed by atoms with Gasteiger partial charge in [-0.15, -0.1) is 0 Å². The zero-order valence-corrected chi connectivity index (χ0v) is 66.6. The number of aliphatic hydroxyl groups excluding tert-OH is 4. The summed E-state index contributed by atoms with van der Waals surface area (Å²) < 4.78 is 146. The Morgan fingerprint density at radius 1 is 0.390 bits per heavy atom. The summed E-state index contributed by atoms with van der Waals surface area (Å²) in [6.45, 7) is 6.28. The zero-order valence-electron chi connectivity index (χ0n) is 64.3. The molecule has 4 aliphatic heterocycles. The Bertz CT molecular complexity index is 4820. The second-order valence-corrected chi connectivity index (χ2v) is 30.0. The van der Waals surface area contributed by atoms with Crippen molar-refractivity contribution in [2.24, 2.45) is 0 Å². The first-order valence-corrected chi connectivity index (χ1v) is 38.4. The third-order valence-corrected chi connectivity index (χ3v) is 21.0. The van der Waals surface area contributed by atoms with E-state index < -0.39 is 129 Å². The molecule has 4 saturated heterocycles. The second kappa shape index (κ2) is 39.4. The number of likely N-dealkylation sites (tertiary alicyclic amines) is 4. The average molecular weight is 1710 g/mol. The summed E-state index contributed by atoms with van der Waals surface area (Å²) in [5, 5.41) is 46.6. The minimum Gasteiger partial charge on any atom is -0.393 e. The van der Waals surface area contributed by atoms with Gasteiger partial charge in [0, 0.05) is 125 Å². The van der Waals surface area contributed by atoms with E-state index in [1.54, 1.807) is 48.5 Å². The molecule has 7 aromatic carbocycles. The van der Waals surface area contributed by atoms with Crippen LogP contribution in [0.3, 0.4) is 0 Å². The molecule has 34 heteroatoms. The van der Waals surface area contributed by atoms with Crippen LogP contribution in [0.2, 0.25) is 15.1 Å². The summed E-state index contributed by atoms with van der Waals surface area (Å²) in [6, 6.07) is 33.8. The molecule has 0 unspecified atom stereocenters. The second-order valence-electron chi connectivity index (χ2n) is 28.7. The van der Waals surface area contributed by atoms with Crippen LogP contribution < -0.4 is 20.9 Å². The van der Waals surface area contributed by atoms with Crippen molar-refractivity contribution in [3.63, 3.8) is 0 Å². The highest BCUT2D eigenvalue weighted by Crippen LogP contribution is 2.40. The molecule has 0 aliphatic carbocycles. The number of nitrogens with zero attached hydrogens (tertiary/aromatic N) is 6. The number of benzene rings is 7. The van der Waals surface area contributed by atoms with Gasteiger partial charge in [0.25, 0.3) is 47.3 Å². The molecule has 0 spiro atoms. The monoisotopic (exact) mass is 1710 g/mol. The summed E-state index contributed by atoms with van der Waals surface area (Å²) in [5.74, 6) is -24.2. The van der Waals surface area contributed by atoms with Gasteiger partial charge in [-0.2, -0.15) is 35.1 Å². The lowest BCUT2D eigenvalue weighted by molar-refractivity contribution is -0.161. The highest BCUT2D eigenvalue weighted by Gasteiger charge is 2.50. The number of anilines is 4. The molecule has 21 nitrogen and oxygen atoms in total. The maximum Gasteiger partial charge on any atom is 0.350 e. The van der Waals surface area contributed by atoms with Crippen LogP contribution in [-0.4, -0.2) is 176 Å². The standard InChI is InChI=1S/C22H23ClF2N2O3.C21H20ClF3N2O3.C21H21ClF2N2O3.C20H20F3N3O3/c1-14-3-4-15(20(29)26(2)17-7-5-16(23)6-8-17)13-19(14)22(24,25)21(30)27-11-9-18(28)10-12-27;1-12-2-3-13(19(29)26-18-5-4-14(23)11-17(18)22)10-16(12)21(24,25)20(30)27-8-6-15(28)7-9-27;1-13-2-3-14(19(28)25-16-6-4-15(22)5-7-16)12-18(13)21(23,24)20(29)26-10-8-17(27)9-11-26;1-12-2-3-13(18(28)25-17-5-4-14(21)11-24-17)10-16(12)20(22,23)19(29)26-8-6-15(27)7-9-26/h3-8,13,18,28H,9-12H2,1-2H3;2-5,10-11,15,28H,6-9H2,1H3,(H,26,29);2-7,12,17,27H,8-11H2,1H3,(H,25,28);2-5,10-11,15,27H,6-9H2,1H3,(H,24,25,28). The molecule has 5 heterocycles. The van der Waals surface area contributed by atoms with Gasteiger partial charge in [0.15, 0.2) is 0 Å². The lowest BCUT2D eigenvalue weighted by Crippen LogP contribution is -2.47. The van der Waals surface area contributed by atoms with Crippen molar-refractivity contribution in [2.45, 2.75) is 127 Å². The predicted molar refractivity (Wildman–Crippen MR) is 423 cm³/mol. The highest BCUT2D eigenvalue weighted by atomic mass is 35.5. The predicted octanol–water partition coefficient (Wildman–Crippen LogP) is 14.9. The van der Waals surface area contributed by atoms with Gasteiger partial charge in [-0.25, -0.2) is 13.8 Å². The first kappa shape index (κ1) is 91.4. The van der Waals surface area contributed by atoms with Crippen LogP contribution in [0, 0.1) is 39.3 Å². The fourth-order valence-electron chi connectivity index (χ4n) is 13.1. The Balaban J connectivity index is 0.000000179. The third kappa shape index (κ3) is 22.8. The molecule has 8 aromatic rings. The number of aryl methyl sites for hydroxylation is 4. The van der Waals surface area contributed by atoms with Crippen LogP contribution in [0.1, 0.15) is 137 Å². The number of hydrogen-bond acceptors (Lipinski definition) is 13. The topological polar surface area (TPSA) is 283 Å². The van der Waals surface area contributed by atoms with E-state index in [2.05, 4.69) is 20.9 Å². The van der Waals surface area contributed by atoms with E-state index >= 15 is 26.3 Å². The van der Waals surface area contributed by atoms with Crippen molar-refractivity contribution in [1.82, 2.24) is 24.6 Å². The number of rotatable bonds is 16. The number of aromatic nitrogens is 1. The van der Waals surface area contributed by atoms with Gasteiger partial charge in [-0.1, -0.05) is 59.1 Å². The molecule has 12 rings (SSSR count). The summed E-state index contributed by atoms with van der Waals surface area (Å²) in [6.07, 6.45) is 0.605. The molecule has 118 heavy (non-hydrogen) atoms. The molecule has 7 N–H and O–H groups in total. The average Bonchev–Trinajstić information content (AvgIpc) is 0.790. The third-order valence-electron chi connectivity index (χ3n) is 20.2. The Morgan fingerprint density at radius 2 is 0.695 bits per heavy atom. The van der Waals surface area contributed by atoms with Crippen molar-refractivity contribution in [1.29, 1.82) is 0 Å². The van der Waals surface area contributed by atoms with Gasteiger partial charge in [0.1, 0.15) is 17.5 Å². The number of piperidine rings is 4. The fraction of sp³-hybridized carbons (Fsp3) is 0.345. The molecule has 0 saturated carbocycles. The van der Waals surface area contributed by atoms with Crippen LogP contribution in [0.4, 0.5) is 66.8 Å². The number of nitrogens with one attached hydrogen (secondary N) is 3. The number of carbonyl (C=O) groups is 8. The largest absolute Gasteiger partial charge is 0.393 e. The maximum absolute atomic E-state index is 15.1. The number of amides is 8. The molecule has 0 radical (unpaired) electrons. The lowest BCUT2D eigenvalue weighted by Gasteiger charge is -2.32. The van der Waals surface area contributed by atoms with E-state index in [0.717, 1.165) is 68.3 Å². The van der Waals surface area contributed by atoms with Gasteiger partial charge in [0.2, 0.25) is 0 Å². The lowest BCUT2D eigenvalue weighted by atomic mass is 9.97. The van der Waals surface area contributed by atoms with Gasteiger partial charge < -0.3 is 60.9 Å². The molecular weight excluding hydrogens is 1620 g/mol. The first-order valence-electron chi connectivity index (χ1n) is 37.2. The van der Waals surface area contributed by atoms with E-state index in [1.807, 2.05) is 0 Å². The van der Waals surface area contributed by atoms with E-state index in [4.69, 9.17) is 34.8 Å². The van der Waals surface area contributed by atoms with Gasteiger partial charge in [0.05, 0.1) is 41.3 Å². The van der Waals surface area contributed by atoms with E-state index in [1.165, 1.54) is 100 Å². The van der Waals surface area contributed by atoms with Gasteiger partial charge in [-0.05, 0) is 229 Å². The molecule has 628 valence electrons. The molecule has 4 fully saturated rings. The quantitative estimate of drug-likeness (QED) is 0.0444. The molecule has 0 bridgehead atoms. The van der Waals surface area contributed by atoms with Crippen molar-refractivity contribution >= 4 is 105 Å². The summed E-state index contributed by atoms with van der Waals surface area (Å²) in [7, 11) is 1.54. The molecular formula is C84H84Cl3F10N9O12. The van der Waals surface area contributed by atoms with E-state index in [0.29, 0.717) is 21.4 Å². The zero-order chi connectivity index (χ0) is 86.5. The van der Waals surface area contributed by atoms with Crippen molar-refractivity contribution < 1.29 is 103 Å². The van der Waals surface area contributed by atoms with Crippen molar-refractivity contribution in [3.8, 4) is 0 Å². The minimum absolute atomic E-state index is 0.0158. The summed E-state index contributed by atoms with van der Waals surface area (Å²) in [4.78, 5) is 109. The number of pyridine rings is 1. The SMILES string of the molecule is Cc1ccc(C(=O)N(C)c2ccc(Cl)cc2)cc1C(F)(F)C(=O)N1CCC(O)CC1.Cc1ccc(C(=O)Nc2ccc(Cl)cc2)cc1C(F)(F)C(=O)N1CCC(O)CC1.Cc1ccc(C(=O)Nc2ccc(F)cc2Cl)cc1C(F)(F)C(=O)N1CCC(O)CC1.Cc1ccc(C(=O)Nc2ccc(F)cn2)cc1C(F)(F)C(=O)N1CCC(O)CC1. The molecule has 0 atom stereocenters. The Hall–Kier alpha value is -10.5. The molecule has 1 aromatic heterocycles. The van der Waals surface area contributed by atoms with Gasteiger partial charge >= 0.3 is 23.7 Å². The van der Waals surface area contributed by atoms with E-state index in [-0.39, 0.29) is 165 Å². The molecule has 4 aliphatic rings. The van der Waals surface area contributed by atoms with Crippen LogP contribution in [0.15, 0.2) is 158 Å². The van der Waals surface area contributed by atoms with Crippen molar-refractivity contribution in [2.75, 3.05) is 80.3 Å². The fourth-order valence-corrected chi connectivity index (χ4v) is 13.5. The van der Waals surface area contributed by atoms with Crippen LogP contribution in [0.25, 0.3) is 0 Å². The van der Waals surface area contributed by atoms with Crippen LogP contribution >= 0.6 is 34.8 Å². The minimum atomic E-state index is -3.84. The highest BCUT2D eigenvalue weighted by molar-refractivity contribution is 6.34. The Kier molecular flexibility index (Phi) is 30.5. The maximum atomic E-state index is 15.1. The molecule has 8 amide bonds. The summed E-state index contributed by atoms with van der Waals surface area (Å²) in [5.41, 5.74) is -0.348. The Labute approximate surface area is 687 Å². The Morgan fingerprint density at radius 3 is 1.03 bits per heavy atom. The normalized spacial score (nSPS) is 15.2. The summed E-state index contributed by atoms with van der Waals surface area (Å²) >= 11 is 17.6. The number of alkyl halides is 8. The number of aliphatic hydroxyl groups is 4. The van der Waals surface area contributed by atoms with Gasteiger partial charge in [-0.3, -0.25) is 38.4 Å². The smallest absolute Gasteiger partial charge is 0.350 e. The first-order chi connectivity index (χ1) is 55.6. The number of carbonyl (C=O) groups excluding carboxylic acids is 8. The van der Waals surface area contributed by atoms with Crippen molar-refractivity contribution in [3.05, 3.63) is 251 Å². The van der Waals surface area contributed by atoms with E-state index in [9.17, 15) is 76.3 Å². The number of halogens is 13. The van der Waals surface area contributed by atoms with Crippen LogP contribution in [-0.2, 0) is 42.9 Å². The number of hydrogen-bond donors (Lipinski definition) is 7.